The van der Waals surface area contributed by atoms with E-state index in [1.54, 1.807) is 9.75 Å². The van der Waals surface area contributed by atoms with Crippen LogP contribution in [-0.2, 0) is 12.8 Å². The molecule has 506 valence electrons. The van der Waals surface area contributed by atoms with Crippen molar-refractivity contribution in [2.75, 3.05) is 0 Å². The van der Waals surface area contributed by atoms with Crippen molar-refractivity contribution < 1.29 is 0 Å². The summed E-state index contributed by atoms with van der Waals surface area (Å²) < 4.78 is 0. The molecular weight excluding hydrogens is 1360 g/mol. The summed E-state index contributed by atoms with van der Waals surface area (Å²) in [6, 6.07) is 52.0. The van der Waals surface area contributed by atoms with Crippen LogP contribution in [0.1, 0.15) is 243 Å². The molecule has 0 saturated carbocycles. The maximum absolute atomic E-state index is 2.45. The Balaban J connectivity index is 0.652. The van der Waals surface area contributed by atoms with Gasteiger partial charge in [-0.3, -0.25) is 0 Å². The molecule has 11 rings (SSSR count). The Labute approximate surface area is 617 Å². The standard InChI is InChI=1S/C84H104S11/c1-5-9-13-17-21-23-27-31-35-61(33-29-25-19-15-11-7-3)59-63-37-39-65(85-63)67-41-43-69(87-67)71-45-47-73(89-71)75-49-51-77(91-75)79-53-55-81(93-79)83-57-58-84(95-83)82-56-54-80(94-82)78-52-50-76(92-78)74-48-46-72(90-74)70-44-42-68(88-70)66-40-38-64(86-66)60-62(34-30-26-20-16-12-8-4)36-32-28-24-22-18-14-10-6-2/h37-58,61-62H,5-36,59-60H2,1-4H3. The van der Waals surface area contributed by atoms with Crippen molar-refractivity contribution in [3.05, 3.63) is 143 Å². The van der Waals surface area contributed by atoms with E-state index in [1.807, 2.05) is 102 Å². The van der Waals surface area contributed by atoms with Crippen LogP contribution in [-0.4, -0.2) is 0 Å². The van der Waals surface area contributed by atoms with Crippen molar-refractivity contribution in [2.45, 2.75) is 246 Å². The number of thiophene rings is 11. The number of unbranched alkanes of at least 4 members (excludes halogenated alkanes) is 24. The van der Waals surface area contributed by atoms with Crippen LogP contribution in [0.15, 0.2) is 133 Å². The number of rotatable bonds is 46. The molecule has 2 atom stereocenters. The quantitative estimate of drug-likeness (QED) is 0.0334. The summed E-state index contributed by atoms with van der Waals surface area (Å²) in [6.45, 7) is 9.29. The van der Waals surface area contributed by atoms with Gasteiger partial charge in [-0.1, -0.05) is 233 Å². The molecule has 0 N–H and O–H groups in total. The van der Waals surface area contributed by atoms with Gasteiger partial charge in [0, 0.05) is 107 Å². The van der Waals surface area contributed by atoms with Crippen LogP contribution in [0, 0.1) is 11.8 Å². The average Bonchev–Trinajstić information content (AvgIpc) is 1.69. The van der Waals surface area contributed by atoms with Gasteiger partial charge in [0.25, 0.3) is 0 Å². The Morgan fingerprint density at radius 2 is 0.305 bits per heavy atom. The second kappa shape index (κ2) is 39.6. The van der Waals surface area contributed by atoms with Crippen molar-refractivity contribution in [2.24, 2.45) is 11.8 Å². The average molecular weight is 1470 g/mol. The lowest BCUT2D eigenvalue weighted by Crippen LogP contribution is -2.04. The topological polar surface area (TPSA) is 0 Å². The zero-order chi connectivity index (χ0) is 65.2. The zero-order valence-corrected chi connectivity index (χ0v) is 66.4. The Hall–Kier alpha value is -3.30. The second-order valence-electron chi connectivity index (χ2n) is 26.8. The molecule has 0 radical (unpaired) electrons. The van der Waals surface area contributed by atoms with Gasteiger partial charge in [-0.15, -0.1) is 125 Å². The molecule has 0 bridgehead atoms. The van der Waals surface area contributed by atoms with Gasteiger partial charge in [0.1, 0.15) is 0 Å². The fourth-order valence-corrected chi connectivity index (χ4v) is 25.7. The molecule has 0 aliphatic heterocycles. The molecule has 0 amide bonds. The fraction of sp³-hybridized carbons (Fsp3) is 0.476. The molecule has 0 saturated heterocycles. The molecule has 11 aromatic rings. The molecule has 11 heterocycles. The third-order valence-electron chi connectivity index (χ3n) is 19.0. The van der Waals surface area contributed by atoms with Crippen molar-refractivity contribution in [1.29, 1.82) is 0 Å². The maximum Gasteiger partial charge on any atom is 0.0449 e. The molecule has 11 aromatic heterocycles. The summed E-state index contributed by atoms with van der Waals surface area (Å²) in [5.74, 6) is 1.65. The van der Waals surface area contributed by atoms with Gasteiger partial charge < -0.3 is 0 Å². The lowest BCUT2D eigenvalue weighted by atomic mass is 9.91. The number of hydrogen-bond donors (Lipinski definition) is 0. The molecule has 0 spiro atoms. The molecule has 11 heteroatoms. The van der Waals surface area contributed by atoms with Gasteiger partial charge >= 0.3 is 0 Å². The Kier molecular flexibility index (Phi) is 30.4. The molecule has 0 aliphatic carbocycles. The lowest BCUT2D eigenvalue weighted by Gasteiger charge is -2.16. The highest BCUT2D eigenvalue weighted by Crippen LogP contribution is 2.50. The molecule has 0 fully saturated rings. The molecule has 0 aliphatic rings. The highest BCUT2D eigenvalue weighted by atomic mass is 32.1. The van der Waals surface area contributed by atoms with E-state index in [9.17, 15) is 0 Å². The highest BCUT2D eigenvalue weighted by Gasteiger charge is 2.20. The Morgan fingerprint density at radius 3 is 0.474 bits per heavy atom. The largest absolute Gasteiger partial charge is 0.139 e. The fourth-order valence-electron chi connectivity index (χ4n) is 13.5. The highest BCUT2D eigenvalue weighted by molar-refractivity contribution is 7.32. The SMILES string of the molecule is CCCCCCCCCCC(CCCCCCCC)Cc1ccc(-c2ccc(-c3ccc(-c4ccc(-c5ccc(-c6ccc(-c7ccc(-c8ccc(-c9ccc(-c%10ccc(-c%11ccc(CC(CCCCCCCC)CCCCCCCCCC)s%11)s%10)s9)s8)s7)s6)s5)s4)s3)s2)s1. The zero-order valence-electron chi connectivity index (χ0n) is 57.4. The van der Waals surface area contributed by atoms with Gasteiger partial charge in [0.05, 0.1) is 0 Å². The smallest absolute Gasteiger partial charge is 0.0449 e. The number of hydrogen-bond acceptors (Lipinski definition) is 11. The summed E-state index contributed by atoms with van der Waals surface area (Å²) in [5.41, 5.74) is 0. The summed E-state index contributed by atoms with van der Waals surface area (Å²) in [7, 11) is 0. The Bertz CT molecular complexity index is 3640. The molecule has 2 unspecified atom stereocenters. The van der Waals surface area contributed by atoms with Crippen molar-refractivity contribution >= 4 is 125 Å². The first kappa shape index (κ1) is 72.9. The minimum Gasteiger partial charge on any atom is -0.139 e. The van der Waals surface area contributed by atoms with E-state index in [-0.39, 0.29) is 0 Å². The van der Waals surface area contributed by atoms with Crippen LogP contribution < -0.4 is 0 Å². The summed E-state index contributed by atoms with van der Waals surface area (Å²) in [4.78, 5) is 30.6. The van der Waals surface area contributed by atoms with Gasteiger partial charge in [-0.05, 0) is 158 Å². The van der Waals surface area contributed by atoms with E-state index in [2.05, 4.69) is 184 Å². The van der Waals surface area contributed by atoms with E-state index >= 15 is 0 Å². The van der Waals surface area contributed by atoms with Gasteiger partial charge in [0.2, 0.25) is 0 Å². The first-order chi connectivity index (χ1) is 46.9. The molecule has 95 heavy (non-hydrogen) atoms. The van der Waals surface area contributed by atoms with Gasteiger partial charge in [-0.25, -0.2) is 0 Å². The van der Waals surface area contributed by atoms with Crippen LogP contribution in [0.4, 0.5) is 0 Å². The molecule has 0 nitrogen and oxygen atoms in total. The minimum atomic E-state index is 0.826. The monoisotopic (exact) mass is 1460 g/mol. The van der Waals surface area contributed by atoms with Crippen LogP contribution >= 0.6 is 125 Å². The van der Waals surface area contributed by atoms with Crippen LogP contribution in [0.5, 0.6) is 0 Å². The van der Waals surface area contributed by atoms with E-state index in [0.717, 1.165) is 11.8 Å². The Morgan fingerprint density at radius 1 is 0.168 bits per heavy atom. The normalized spacial score (nSPS) is 12.5. The van der Waals surface area contributed by atoms with E-state index < -0.39 is 0 Å². The molecular formula is C84H104S11. The first-order valence-corrected chi connectivity index (χ1v) is 46.0. The van der Waals surface area contributed by atoms with E-state index in [0.29, 0.717) is 0 Å². The maximum atomic E-state index is 2.45. The summed E-state index contributed by atoms with van der Waals surface area (Å²) >= 11 is 21.6. The van der Waals surface area contributed by atoms with Crippen LogP contribution in [0.3, 0.4) is 0 Å². The lowest BCUT2D eigenvalue weighted by molar-refractivity contribution is 0.402. The third-order valence-corrected chi connectivity index (χ3v) is 33.0. The van der Waals surface area contributed by atoms with E-state index in [4.69, 9.17) is 0 Å². The van der Waals surface area contributed by atoms with E-state index in [1.165, 1.54) is 316 Å². The van der Waals surface area contributed by atoms with Gasteiger partial charge in [0.15, 0.2) is 0 Å². The first-order valence-electron chi connectivity index (χ1n) is 37.0. The minimum absolute atomic E-state index is 0.826. The van der Waals surface area contributed by atoms with Crippen molar-refractivity contribution in [3.8, 4) is 97.5 Å². The van der Waals surface area contributed by atoms with Crippen molar-refractivity contribution in [1.82, 2.24) is 0 Å². The summed E-state index contributed by atoms with van der Waals surface area (Å²) in [6.07, 6.45) is 47.5. The van der Waals surface area contributed by atoms with Crippen LogP contribution in [0.2, 0.25) is 0 Å². The molecule has 0 aromatic carbocycles. The van der Waals surface area contributed by atoms with Gasteiger partial charge in [-0.2, -0.15) is 0 Å². The predicted molar refractivity (Wildman–Crippen MR) is 442 cm³/mol. The third kappa shape index (κ3) is 22.1. The second-order valence-corrected chi connectivity index (χ2v) is 38.9. The van der Waals surface area contributed by atoms with Crippen LogP contribution in [0.25, 0.3) is 97.5 Å². The predicted octanol–water partition coefficient (Wildman–Crippen LogP) is 33.9. The van der Waals surface area contributed by atoms with Crippen molar-refractivity contribution in [3.63, 3.8) is 0 Å². The summed E-state index contributed by atoms with van der Waals surface area (Å²) in [5, 5.41) is 0.